The van der Waals surface area contributed by atoms with Crippen molar-refractivity contribution >= 4 is 15.9 Å². The predicted molar refractivity (Wildman–Crippen MR) is 57.6 cm³/mol. The minimum absolute atomic E-state index is 0.0260. The molecule has 2 nitrogen and oxygen atoms in total. The van der Waals surface area contributed by atoms with Gasteiger partial charge in [-0.25, -0.2) is 0 Å². The van der Waals surface area contributed by atoms with Crippen molar-refractivity contribution in [3.05, 3.63) is 34.3 Å². The van der Waals surface area contributed by atoms with Gasteiger partial charge >= 0.3 is 0 Å². The first-order chi connectivity index (χ1) is 6.27. The molecule has 0 unspecified atom stereocenters. The lowest BCUT2D eigenvalue weighted by Gasteiger charge is -2.14. The normalized spacial score (nSPS) is 12.8. The van der Waals surface area contributed by atoms with Gasteiger partial charge in [0.25, 0.3) is 0 Å². The maximum atomic E-state index is 5.59. The van der Waals surface area contributed by atoms with Crippen molar-refractivity contribution in [1.82, 2.24) is 0 Å². The Kier molecular flexibility index (Phi) is 4.42. The number of hydrogen-bond acceptors (Lipinski definition) is 2. The molecule has 0 heterocycles. The zero-order chi connectivity index (χ0) is 9.68. The highest BCUT2D eigenvalue weighted by molar-refractivity contribution is 9.10. The number of ether oxygens (including phenoxy) is 1. The first-order valence-corrected chi connectivity index (χ1v) is 5.14. The van der Waals surface area contributed by atoms with Gasteiger partial charge in [-0.2, -0.15) is 0 Å². The van der Waals surface area contributed by atoms with Crippen LogP contribution in [0, 0.1) is 0 Å². The molecule has 1 rings (SSSR count). The summed E-state index contributed by atoms with van der Waals surface area (Å²) < 4.78 is 6.55. The number of benzene rings is 1. The Morgan fingerprint density at radius 2 is 2.00 bits per heavy atom. The molecule has 3 heteroatoms. The molecule has 0 bridgehead atoms. The lowest BCUT2D eigenvalue weighted by Crippen LogP contribution is -2.15. The maximum absolute atomic E-state index is 5.59. The summed E-state index contributed by atoms with van der Waals surface area (Å²) in [5, 5.41) is 0. The molecule has 1 aromatic rings. The standard InChI is InChI=1S/C10H14BrNO/c1-2-13-10(7-12)8-3-5-9(11)6-4-8/h3-6,10H,2,7,12H2,1H3/t10-/m0/s1. The summed E-state index contributed by atoms with van der Waals surface area (Å²) in [6.45, 7) is 3.19. The second-order valence-corrected chi connectivity index (χ2v) is 3.65. The fraction of sp³-hybridized carbons (Fsp3) is 0.400. The van der Waals surface area contributed by atoms with Crippen molar-refractivity contribution < 1.29 is 4.74 Å². The van der Waals surface area contributed by atoms with Crippen LogP contribution >= 0.6 is 15.9 Å². The third-order valence-corrected chi connectivity index (χ3v) is 2.35. The number of halogens is 1. The van der Waals surface area contributed by atoms with Crippen molar-refractivity contribution in [2.75, 3.05) is 13.2 Å². The minimum Gasteiger partial charge on any atom is -0.372 e. The van der Waals surface area contributed by atoms with Crippen molar-refractivity contribution in [1.29, 1.82) is 0 Å². The van der Waals surface area contributed by atoms with Crippen molar-refractivity contribution in [2.24, 2.45) is 5.73 Å². The van der Waals surface area contributed by atoms with E-state index in [1.165, 1.54) is 0 Å². The lowest BCUT2D eigenvalue weighted by molar-refractivity contribution is 0.0688. The molecule has 72 valence electrons. The third kappa shape index (κ3) is 3.10. The molecule has 1 aromatic carbocycles. The molecule has 0 fully saturated rings. The Balaban J connectivity index is 2.73. The average Bonchev–Trinajstić information content (AvgIpc) is 2.16. The fourth-order valence-corrected chi connectivity index (χ4v) is 1.44. The highest BCUT2D eigenvalue weighted by atomic mass is 79.9. The molecule has 0 aliphatic carbocycles. The summed E-state index contributed by atoms with van der Waals surface area (Å²) in [4.78, 5) is 0. The Labute approximate surface area is 87.2 Å². The Hall–Kier alpha value is -0.380. The van der Waals surface area contributed by atoms with Crippen LogP contribution in [0.25, 0.3) is 0 Å². The van der Waals surface area contributed by atoms with E-state index in [1.807, 2.05) is 31.2 Å². The van der Waals surface area contributed by atoms with Gasteiger partial charge in [0.1, 0.15) is 0 Å². The largest absolute Gasteiger partial charge is 0.372 e. The summed E-state index contributed by atoms with van der Waals surface area (Å²) in [7, 11) is 0. The topological polar surface area (TPSA) is 35.2 Å². The van der Waals surface area contributed by atoms with Crippen LogP contribution in [-0.4, -0.2) is 13.2 Å². The van der Waals surface area contributed by atoms with E-state index in [-0.39, 0.29) is 6.10 Å². The second kappa shape index (κ2) is 5.37. The predicted octanol–water partition coefficient (Wildman–Crippen LogP) is 2.49. The summed E-state index contributed by atoms with van der Waals surface area (Å²) in [5.41, 5.74) is 6.72. The van der Waals surface area contributed by atoms with E-state index in [2.05, 4.69) is 15.9 Å². The molecule has 0 aliphatic heterocycles. The quantitative estimate of drug-likeness (QED) is 0.883. The molecule has 0 spiro atoms. The van der Waals surface area contributed by atoms with Crippen LogP contribution in [0.15, 0.2) is 28.7 Å². The number of hydrogen-bond donors (Lipinski definition) is 1. The van der Waals surface area contributed by atoms with E-state index >= 15 is 0 Å². The Bertz CT molecular complexity index is 248. The van der Waals surface area contributed by atoms with Crippen LogP contribution in [-0.2, 0) is 4.74 Å². The molecule has 0 amide bonds. The molecule has 0 aliphatic rings. The van der Waals surface area contributed by atoms with Gasteiger partial charge < -0.3 is 10.5 Å². The van der Waals surface area contributed by atoms with E-state index in [1.54, 1.807) is 0 Å². The summed E-state index contributed by atoms with van der Waals surface area (Å²) in [6, 6.07) is 8.04. The van der Waals surface area contributed by atoms with E-state index in [9.17, 15) is 0 Å². The molecule has 13 heavy (non-hydrogen) atoms. The molecule has 0 saturated heterocycles. The minimum atomic E-state index is 0.0260. The van der Waals surface area contributed by atoms with Gasteiger partial charge in [-0.15, -0.1) is 0 Å². The van der Waals surface area contributed by atoms with Crippen LogP contribution in [0.5, 0.6) is 0 Å². The zero-order valence-corrected chi connectivity index (χ0v) is 9.25. The van der Waals surface area contributed by atoms with Crippen LogP contribution in [0.4, 0.5) is 0 Å². The van der Waals surface area contributed by atoms with Gasteiger partial charge in [-0.05, 0) is 24.6 Å². The lowest BCUT2D eigenvalue weighted by atomic mass is 10.1. The maximum Gasteiger partial charge on any atom is 0.0946 e. The van der Waals surface area contributed by atoms with Crippen molar-refractivity contribution in [2.45, 2.75) is 13.0 Å². The highest BCUT2D eigenvalue weighted by Gasteiger charge is 2.07. The Morgan fingerprint density at radius 3 is 2.46 bits per heavy atom. The van der Waals surface area contributed by atoms with Crippen molar-refractivity contribution in [3.8, 4) is 0 Å². The number of nitrogens with two attached hydrogens (primary N) is 1. The van der Waals surface area contributed by atoms with E-state index in [0.717, 1.165) is 10.0 Å². The smallest absolute Gasteiger partial charge is 0.0946 e. The molecule has 0 aromatic heterocycles. The average molecular weight is 244 g/mol. The first-order valence-electron chi connectivity index (χ1n) is 4.35. The first kappa shape index (κ1) is 10.7. The van der Waals surface area contributed by atoms with E-state index in [4.69, 9.17) is 10.5 Å². The van der Waals surface area contributed by atoms with E-state index in [0.29, 0.717) is 13.2 Å². The molecule has 0 radical (unpaired) electrons. The molecular weight excluding hydrogens is 230 g/mol. The van der Waals surface area contributed by atoms with Gasteiger partial charge in [0, 0.05) is 17.6 Å². The third-order valence-electron chi connectivity index (χ3n) is 1.82. The van der Waals surface area contributed by atoms with Gasteiger partial charge in [-0.1, -0.05) is 28.1 Å². The monoisotopic (exact) mass is 243 g/mol. The van der Waals surface area contributed by atoms with Gasteiger partial charge in [0.2, 0.25) is 0 Å². The summed E-state index contributed by atoms with van der Waals surface area (Å²) in [5.74, 6) is 0. The second-order valence-electron chi connectivity index (χ2n) is 2.73. The molecule has 2 N–H and O–H groups in total. The SMILES string of the molecule is CCO[C@@H](CN)c1ccc(Br)cc1. The molecule has 1 atom stereocenters. The zero-order valence-electron chi connectivity index (χ0n) is 7.66. The van der Waals surface area contributed by atoms with Gasteiger partial charge in [0.05, 0.1) is 6.10 Å². The van der Waals surface area contributed by atoms with Gasteiger partial charge in [-0.3, -0.25) is 0 Å². The van der Waals surface area contributed by atoms with Crippen LogP contribution in [0.3, 0.4) is 0 Å². The number of rotatable bonds is 4. The van der Waals surface area contributed by atoms with Crippen LogP contribution in [0.2, 0.25) is 0 Å². The molecule has 0 saturated carbocycles. The molecular formula is C10H14BrNO. The Morgan fingerprint density at radius 1 is 1.38 bits per heavy atom. The van der Waals surface area contributed by atoms with Crippen LogP contribution < -0.4 is 5.73 Å². The van der Waals surface area contributed by atoms with E-state index < -0.39 is 0 Å². The van der Waals surface area contributed by atoms with Crippen molar-refractivity contribution in [3.63, 3.8) is 0 Å². The van der Waals surface area contributed by atoms with Crippen LogP contribution in [0.1, 0.15) is 18.6 Å². The fourth-order valence-electron chi connectivity index (χ4n) is 1.18. The summed E-state index contributed by atoms with van der Waals surface area (Å²) in [6.07, 6.45) is 0.0260. The van der Waals surface area contributed by atoms with Gasteiger partial charge in [0.15, 0.2) is 0 Å². The summed E-state index contributed by atoms with van der Waals surface area (Å²) >= 11 is 3.38. The highest BCUT2D eigenvalue weighted by Crippen LogP contribution is 2.18.